The number of para-hydroxylation sites is 1. The number of hydrogen-bond donors (Lipinski definition) is 1. The van der Waals surface area contributed by atoms with Crippen LogP contribution in [0.15, 0.2) is 30.3 Å². The van der Waals surface area contributed by atoms with E-state index in [1.165, 1.54) is 31.6 Å². The maximum absolute atomic E-state index is 12.6. The molecular weight excluding hydrogens is 358 g/mol. The Morgan fingerprint density at radius 2 is 1.92 bits per heavy atom. The Morgan fingerprint density at radius 1 is 1.23 bits per heavy atom. The fourth-order valence-corrected chi connectivity index (χ4v) is 3.44. The number of ether oxygens (including phenoxy) is 2. The zero-order chi connectivity index (χ0) is 18.8. The van der Waals surface area contributed by atoms with Gasteiger partial charge in [-0.3, -0.25) is 20.2 Å². The molecule has 134 valence electrons. The normalized spacial score (nSPS) is 10.6. The first-order chi connectivity index (χ1) is 12.4. The predicted molar refractivity (Wildman–Crippen MR) is 98.5 cm³/mol. The Labute approximate surface area is 152 Å². The molecule has 0 spiro atoms. The van der Waals surface area contributed by atoms with Crippen molar-refractivity contribution in [3.05, 3.63) is 51.6 Å². The smallest absolute Gasteiger partial charge is 0.286 e. The summed E-state index contributed by atoms with van der Waals surface area (Å²) in [6.45, 7) is 1.92. The number of carbonyl (C=O) groups excluding carboxylic acids is 1. The number of amides is 1. The molecule has 1 N–H and O–H groups in total. The number of methoxy groups -OCH3 is 2. The highest BCUT2D eigenvalue weighted by atomic mass is 32.1. The van der Waals surface area contributed by atoms with Gasteiger partial charge in [-0.05, 0) is 18.6 Å². The molecule has 0 bridgehead atoms. The van der Waals surface area contributed by atoms with Gasteiger partial charge in [0.25, 0.3) is 11.6 Å². The molecule has 1 aromatic heterocycles. The number of anilines is 1. The number of aryl methyl sites for hydroxylation is 1. The van der Waals surface area contributed by atoms with Crippen LogP contribution in [0.5, 0.6) is 11.5 Å². The lowest BCUT2D eigenvalue weighted by atomic mass is 10.1. The summed E-state index contributed by atoms with van der Waals surface area (Å²) in [4.78, 5) is 27.7. The quantitative estimate of drug-likeness (QED) is 0.539. The van der Waals surface area contributed by atoms with Crippen LogP contribution in [-0.2, 0) is 0 Å². The minimum absolute atomic E-state index is 0.136. The van der Waals surface area contributed by atoms with E-state index in [1.807, 2.05) is 25.1 Å². The van der Waals surface area contributed by atoms with Gasteiger partial charge >= 0.3 is 0 Å². The summed E-state index contributed by atoms with van der Waals surface area (Å²) in [5.74, 6) is -0.246. The van der Waals surface area contributed by atoms with Crippen molar-refractivity contribution >= 4 is 38.3 Å². The summed E-state index contributed by atoms with van der Waals surface area (Å²) in [6, 6.07) is 8.17. The van der Waals surface area contributed by atoms with E-state index in [2.05, 4.69) is 10.3 Å². The number of benzene rings is 2. The molecule has 0 aliphatic heterocycles. The number of fused-ring (bicyclic) bond motifs is 1. The highest BCUT2D eigenvalue weighted by Gasteiger charge is 2.25. The summed E-state index contributed by atoms with van der Waals surface area (Å²) in [5.41, 5.74) is 1.26. The second-order valence-electron chi connectivity index (χ2n) is 5.38. The van der Waals surface area contributed by atoms with Gasteiger partial charge in [-0.15, -0.1) is 0 Å². The average Bonchev–Trinajstić information content (AvgIpc) is 3.04. The van der Waals surface area contributed by atoms with E-state index in [9.17, 15) is 14.9 Å². The Kier molecular flexibility index (Phi) is 4.72. The third-order valence-corrected chi connectivity index (χ3v) is 4.72. The molecule has 0 fully saturated rings. The van der Waals surface area contributed by atoms with Gasteiger partial charge in [-0.2, -0.15) is 0 Å². The topological polar surface area (TPSA) is 104 Å². The molecule has 3 rings (SSSR count). The predicted octanol–water partition coefficient (Wildman–Crippen LogP) is 3.78. The molecule has 0 aliphatic rings. The van der Waals surface area contributed by atoms with E-state index in [1.54, 1.807) is 0 Å². The Balaban J connectivity index is 2.00. The first-order valence-electron chi connectivity index (χ1n) is 7.52. The van der Waals surface area contributed by atoms with Crippen molar-refractivity contribution in [3.63, 3.8) is 0 Å². The van der Waals surface area contributed by atoms with Gasteiger partial charge < -0.3 is 9.47 Å². The number of nitro groups is 1. The van der Waals surface area contributed by atoms with E-state index in [4.69, 9.17) is 9.47 Å². The van der Waals surface area contributed by atoms with Gasteiger partial charge in [0, 0.05) is 6.07 Å². The van der Waals surface area contributed by atoms with Crippen molar-refractivity contribution in [1.29, 1.82) is 0 Å². The van der Waals surface area contributed by atoms with Crippen LogP contribution in [0.1, 0.15) is 15.9 Å². The largest absolute Gasteiger partial charge is 0.493 e. The van der Waals surface area contributed by atoms with Crippen LogP contribution >= 0.6 is 11.3 Å². The first kappa shape index (κ1) is 17.6. The third-order valence-electron chi connectivity index (χ3n) is 3.78. The molecule has 8 nitrogen and oxygen atoms in total. The van der Waals surface area contributed by atoms with E-state index >= 15 is 0 Å². The van der Waals surface area contributed by atoms with Crippen molar-refractivity contribution in [2.45, 2.75) is 6.92 Å². The first-order valence-corrected chi connectivity index (χ1v) is 8.34. The Hall–Kier alpha value is -3.20. The summed E-state index contributed by atoms with van der Waals surface area (Å²) >= 11 is 1.30. The van der Waals surface area contributed by atoms with Crippen LogP contribution in [0.3, 0.4) is 0 Å². The van der Waals surface area contributed by atoms with Crippen LogP contribution in [0, 0.1) is 17.0 Å². The SMILES string of the molecule is COc1cc(C(=O)Nc2nc3c(C)cccc3s2)c([N+](=O)[O-])cc1OC. The van der Waals surface area contributed by atoms with Gasteiger partial charge in [0.15, 0.2) is 16.6 Å². The molecule has 1 amide bonds. The minimum atomic E-state index is -0.644. The summed E-state index contributed by atoms with van der Waals surface area (Å²) in [5, 5.41) is 14.3. The second kappa shape index (κ2) is 6.96. The molecule has 0 atom stereocenters. The summed E-state index contributed by atoms with van der Waals surface area (Å²) in [7, 11) is 2.76. The summed E-state index contributed by atoms with van der Waals surface area (Å²) in [6.07, 6.45) is 0. The molecule has 0 radical (unpaired) electrons. The van der Waals surface area contributed by atoms with Gasteiger partial charge in [0.2, 0.25) is 0 Å². The van der Waals surface area contributed by atoms with E-state index < -0.39 is 10.8 Å². The number of aromatic nitrogens is 1. The standard InChI is InChI=1S/C17H15N3O5S/c1-9-5-4-6-14-15(9)18-17(26-14)19-16(21)10-7-12(24-2)13(25-3)8-11(10)20(22)23/h4-8H,1-3H3,(H,18,19,21). The van der Waals surface area contributed by atoms with Crippen molar-refractivity contribution in [2.75, 3.05) is 19.5 Å². The molecule has 26 heavy (non-hydrogen) atoms. The maximum atomic E-state index is 12.6. The number of carbonyl (C=O) groups is 1. The molecule has 1 heterocycles. The maximum Gasteiger partial charge on any atom is 0.286 e. The van der Waals surface area contributed by atoms with Gasteiger partial charge in [0.05, 0.1) is 35.4 Å². The molecule has 0 saturated heterocycles. The molecule has 0 unspecified atom stereocenters. The van der Waals surface area contributed by atoms with E-state index in [0.717, 1.165) is 21.8 Å². The number of nitro benzene ring substituents is 1. The van der Waals surface area contributed by atoms with Gasteiger partial charge in [-0.1, -0.05) is 23.5 Å². The van der Waals surface area contributed by atoms with Crippen LogP contribution < -0.4 is 14.8 Å². The molecule has 2 aromatic carbocycles. The van der Waals surface area contributed by atoms with Gasteiger partial charge in [0.1, 0.15) is 5.56 Å². The van der Waals surface area contributed by atoms with Crippen LogP contribution in [0.25, 0.3) is 10.2 Å². The van der Waals surface area contributed by atoms with Crippen LogP contribution in [0.2, 0.25) is 0 Å². The number of thiazole rings is 1. The molecule has 0 aliphatic carbocycles. The molecule has 0 saturated carbocycles. The second-order valence-corrected chi connectivity index (χ2v) is 6.41. The lowest BCUT2D eigenvalue weighted by Crippen LogP contribution is -2.14. The monoisotopic (exact) mass is 373 g/mol. The van der Waals surface area contributed by atoms with E-state index in [-0.39, 0.29) is 22.7 Å². The lowest BCUT2D eigenvalue weighted by molar-refractivity contribution is -0.385. The van der Waals surface area contributed by atoms with Crippen molar-refractivity contribution in [2.24, 2.45) is 0 Å². The molecule has 3 aromatic rings. The van der Waals surface area contributed by atoms with Crippen LogP contribution in [0.4, 0.5) is 10.8 Å². The summed E-state index contributed by atoms with van der Waals surface area (Å²) < 4.78 is 11.1. The Bertz CT molecular complexity index is 1020. The average molecular weight is 373 g/mol. The zero-order valence-corrected chi connectivity index (χ0v) is 15.0. The fourth-order valence-electron chi connectivity index (χ4n) is 2.51. The number of nitrogens with one attached hydrogen (secondary N) is 1. The highest BCUT2D eigenvalue weighted by molar-refractivity contribution is 7.22. The van der Waals surface area contributed by atoms with Crippen molar-refractivity contribution < 1.29 is 19.2 Å². The third kappa shape index (κ3) is 3.16. The zero-order valence-electron chi connectivity index (χ0n) is 14.2. The number of nitrogens with zero attached hydrogens (tertiary/aromatic N) is 2. The highest BCUT2D eigenvalue weighted by Crippen LogP contribution is 2.35. The minimum Gasteiger partial charge on any atom is -0.493 e. The fraction of sp³-hybridized carbons (Fsp3) is 0.176. The van der Waals surface area contributed by atoms with Crippen molar-refractivity contribution in [3.8, 4) is 11.5 Å². The molecule has 9 heteroatoms. The number of hydrogen-bond acceptors (Lipinski definition) is 7. The van der Waals surface area contributed by atoms with Crippen LogP contribution in [-0.4, -0.2) is 30.0 Å². The Morgan fingerprint density at radius 3 is 2.54 bits per heavy atom. The number of rotatable bonds is 5. The van der Waals surface area contributed by atoms with Gasteiger partial charge in [-0.25, -0.2) is 4.98 Å². The lowest BCUT2D eigenvalue weighted by Gasteiger charge is -2.10. The molecular formula is C17H15N3O5S. The van der Waals surface area contributed by atoms with E-state index in [0.29, 0.717) is 5.13 Å². The van der Waals surface area contributed by atoms with Crippen molar-refractivity contribution in [1.82, 2.24) is 4.98 Å².